The Morgan fingerprint density at radius 3 is 1.34 bits per heavy atom. The minimum absolute atomic E-state index is 0.167. The van der Waals surface area contributed by atoms with Crippen LogP contribution in [0.2, 0.25) is 0 Å². The van der Waals surface area contributed by atoms with E-state index in [1.54, 1.807) is 0 Å². The van der Waals surface area contributed by atoms with E-state index in [1.807, 2.05) is 0 Å². The minimum Gasteiger partial charge on any atom is -0.462 e. The lowest BCUT2D eigenvalue weighted by molar-refractivity contribution is -0.297. The smallest absolute Gasteiger partial charge is 0.306 e. The first-order chi connectivity index (χ1) is 30.0. The van der Waals surface area contributed by atoms with Crippen LogP contribution in [-0.4, -0.2) is 96.0 Å². The number of unbranched alkanes of at least 4 members (excludes halogenated alkanes) is 29. The van der Waals surface area contributed by atoms with Gasteiger partial charge in [0.05, 0.1) is 6.61 Å². The largest absolute Gasteiger partial charge is 0.462 e. The summed E-state index contributed by atoms with van der Waals surface area (Å²) in [5.74, 6) is -1.97. The Balaban J connectivity index is 2.38. The van der Waals surface area contributed by atoms with Gasteiger partial charge in [0, 0.05) is 12.8 Å². The predicted molar refractivity (Wildman–Crippen MR) is 247 cm³/mol. The van der Waals surface area contributed by atoms with Gasteiger partial charge in [0.15, 0.2) is 12.4 Å². The number of esters is 2. The summed E-state index contributed by atoms with van der Waals surface area (Å²) < 4.78 is 54.2. The number of hydrogen-bond acceptors (Lipinski definition) is 11. The molecule has 0 radical (unpaired) electrons. The molecule has 0 spiro atoms. The molecule has 62 heavy (non-hydrogen) atoms. The molecule has 2 unspecified atom stereocenters. The summed E-state index contributed by atoms with van der Waals surface area (Å²) in [6.07, 6.45) is 33.9. The van der Waals surface area contributed by atoms with Crippen LogP contribution < -0.4 is 0 Å². The van der Waals surface area contributed by atoms with Crippen LogP contribution >= 0.6 is 0 Å². The molecule has 1 rings (SSSR count). The second-order valence-electron chi connectivity index (χ2n) is 17.8. The molecule has 0 aromatic rings. The molecule has 1 aliphatic rings. The van der Waals surface area contributed by atoms with E-state index in [0.717, 1.165) is 38.5 Å². The zero-order chi connectivity index (χ0) is 45.5. The van der Waals surface area contributed by atoms with E-state index in [4.69, 9.17) is 18.9 Å². The zero-order valence-corrected chi connectivity index (χ0v) is 40.1. The molecule has 0 amide bonds. The molecule has 1 fully saturated rings. The maximum Gasteiger partial charge on any atom is 0.306 e. The van der Waals surface area contributed by atoms with E-state index in [9.17, 15) is 37.9 Å². The highest BCUT2D eigenvalue weighted by atomic mass is 32.2. The average Bonchev–Trinajstić information content (AvgIpc) is 3.24. The van der Waals surface area contributed by atoms with Gasteiger partial charge in [0.1, 0.15) is 36.8 Å². The van der Waals surface area contributed by atoms with Crippen molar-refractivity contribution >= 4 is 22.1 Å². The summed E-state index contributed by atoms with van der Waals surface area (Å²) in [5.41, 5.74) is 0. The Bertz CT molecular complexity index is 1200. The third-order valence-electron chi connectivity index (χ3n) is 11.8. The van der Waals surface area contributed by atoms with Crippen LogP contribution in [0.1, 0.15) is 232 Å². The maximum atomic E-state index is 12.9. The lowest BCUT2D eigenvalue weighted by Crippen LogP contribution is -2.60. The van der Waals surface area contributed by atoms with Crippen molar-refractivity contribution in [1.82, 2.24) is 0 Å². The highest BCUT2D eigenvalue weighted by Crippen LogP contribution is 2.24. The first-order valence-electron chi connectivity index (χ1n) is 25.2. The first-order valence-corrected chi connectivity index (χ1v) is 26.9. The van der Waals surface area contributed by atoms with Gasteiger partial charge in [-0.15, -0.1) is 0 Å². The molecular formula is C49H92O12S. The molecule has 0 aliphatic carbocycles. The fraction of sp³-hybridized carbons (Fsp3) is 0.918. The van der Waals surface area contributed by atoms with E-state index in [0.29, 0.717) is 12.8 Å². The molecule has 0 saturated carbocycles. The molecule has 1 heterocycles. The zero-order valence-electron chi connectivity index (χ0n) is 39.2. The van der Waals surface area contributed by atoms with Crippen molar-refractivity contribution in [3.05, 3.63) is 12.2 Å². The summed E-state index contributed by atoms with van der Waals surface area (Å²) in [6.45, 7) is 3.79. The van der Waals surface area contributed by atoms with Gasteiger partial charge in [-0.3, -0.25) is 14.1 Å². The van der Waals surface area contributed by atoms with Crippen molar-refractivity contribution in [3.8, 4) is 0 Å². The van der Waals surface area contributed by atoms with Gasteiger partial charge in [-0.05, 0) is 38.5 Å². The molecule has 366 valence electrons. The molecule has 6 atom stereocenters. The molecule has 4 N–H and O–H groups in total. The number of aliphatic hydroxyl groups is 3. The van der Waals surface area contributed by atoms with Crippen LogP contribution in [-0.2, 0) is 38.7 Å². The van der Waals surface area contributed by atoms with Crippen molar-refractivity contribution in [1.29, 1.82) is 0 Å². The molecular weight excluding hydrogens is 813 g/mol. The molecule has 0 bridgehead atoms. The minimum atomic E-state index is -4.60. The molecule has 0 aromatic carbocycles. The molecule has 13 heteroatoms. The van der Waals surface area contributed by atoms with Crippen LogP contribution in [0.25, 0.3) is 0 Å². The van der Waals surface area contributed by atoms with E-state index in [2.05, 4.69) is 26.0 Å². The van der Waals surface area contributed by atoms with Crippen LogP contribution in [0.4, 0.5) is 0 Å². The highest BCUT2D eigenvalue weighted by molar-refractivity contribution is 7.85. The van der Waals surface area contributed by atoms with Crippen molar-refractivity contribution < 1.29 is 56.8 Å². The van der Waals surface area contributed by atoms with Crippen LogP contribution in [0.3, 0.4) is 0 Å². The number of carbonyl (C=O) groups excluding carboxylic acids is 2. The topological polar surface area (TPSA) is 186 Å². The number of rotatable bonds is 43. The summed E-state index contributed by atoms with van der Waals surface area (Å²) in [4.78, 5) is 25.5. The van der Waals surface area contributed by atoms with Gasteiger partial charge < -0.3 is 34.3 Å². The lowest BCUT2D eigenvalue weighted by atomic mass is 10.00. The standard InChI is InChI=1S/C49H92O12S/c1-3-5-7-9-11-13-15-17-19-20-21-22-24-26-28-30-32-34-36-38-45(51)60-42(40-59-49-48(54)47(53)46(52)43(61-49)41-62(55,56)57)39-58-44(50)37-35-33-31-29-27-25-23-18-16-14-12-10-8-6-4-2/h17,19,42-43,46-49,52-54H,3-16,18,20-41H2,1-2H3,(H,55,56,57)/b19-17+/t42-,43-,46-,47?,48?,49+/m1/s1. The number of aliphatic hydroxyl groups excluding tert-OH is 3. The number of allylic oxidation sites excluding steroid dienone is 2. The first kappa shape index (κ1) is 58.4. The Labute approximate surface area is 377 Å². The third kappa shape index (κ3) is 33.8. The van der Waals surface area contributed by atoms with Gasteiger partial charge in [-0.25, -0.2) is 0 Å². The monoisotopic (exact) mass is 905 g/mol. The maximum absolute atomic E-state index is 12.9. The van der Waals surface area contributed by atoms with Gasteiger partial charge in [0.2, 0.25) is 0 Å². The van der Waals surface area contributed by atoms with Crippen LogP contribution in [0, 0.1) is 0 Å². The fourth-order valence-electron chi connectivity index (χ4n) is 7.91. The van der Waals surface area contributed by atoms with E-state index in [-0.39, 0.29) is 19.4 Å². The van der Waals surface area contributed by atoms with Gasteiger partial charge >= 0.3 is 11.9 Å². The SMILES string of the molecule is CCCCCCCC/C=C/CCCCCCCCCCCC(=O)O[C@H](COC(=O)CCCCCCCCCCCCCCCCC)CO[C@H]1O[C@H](CS(=O)(=O)O)[C@@H](O)C(O)C1O. The quantitative estimate of drug-likeness (QED) is 0.0197. The molecule has 0 aromatic heterocycles. The van der Waals surface area contributed by atoms with Crippen molar-refractivity contribution in [3.63, 3.8) is 0 Å². The Hall–Kier alpha value is -1.61. The van der Waals surface area contributed by atoms with Crippen LogP contribution in [0.15, 0.2) is 12.2 Å². The van der Waals surface area contributed by atoms with Gasteiger partial charge in [-0.2, -0.15) is 8.42 Å². The molecule has 1 aliphatic heterocycles. The lowest BCUT2D eigenvalue weighted by Gasteiger charge is -2.40. The Kier molecular flexibility index (Phi) is 37.4. The van der Waals surface area contributed by atoms with Crippen molar-refractivity contribution in [2.75, 3.05) is 19.0 Å². The van der Waals surface area contributed by atoms with Crippen molar-refractivity contribution in [2.24, 2.45) is 0 Å². The highest BCUT2D eigenvalue weighted by Gasteiger charge is 2.46. The van der Waals surface area contributed by atoms with E-state index >= 15 is 0 Å². The second-order valence-corrected chi connectivity index (χ2v) is 19.3. The molecule has 12 nitrogen and oxygen atoms in total. The second kappa shape index (κ2) is 39.7. The van der Waals surface area contributed by atoms with Gasteiger partial charge in [-0.1, -0.05) is 193 Å². The van der Waals surface area contributed by atoms with Crippen molar-refractivity contribution in [2.45, 2.75) is 269 Å². The summed E-state index contributed by atoms with van der Waals surface area (Å²) in [6, 6.07) is 0. The number of carbonyl (C=O) groups is 2. The Morgan fingerprint density at radius 1 is 0.532 bits per heavy atom. The van der Waals surface area contributed by atoms with E-state index in [1.165, 1.54) is 154 Å². The van der Waals surface area contributed by atoms with Gasteiger partial charge in [0.25, 0.3) is 10.1 Å². The fourth-order valence-corrected chi connectivity index (χ4v) is 8.60. The summed E-state index contributed by atoms with van der Waals surface area (Å²) in [5, 5.41) is 30.9. The molecule has 1 saturated heterocycles. The number of hydrogen-bond donors (Lipinski definition) is 4. The predicted octanol–water partition coefficient (Wildman–Crippen LogP) is 11.0. The summed E-state index contributed by atoms with van der Waals surface area (Å²) in [7, 11) is -4.60. The van der Waals surface area contributed by atoms with Crippen LogP contribution in [0.5, 0.6) is 0 Å². The number of ether oxygens (including phenoxy) is 4. The summed E-state index contributed by atoms with van der Waals surface area (Å²) >= 11 is 0. The Morgan fingerprint density at radius 2 is 0.919 bits per heavy atom. The normalized spacial score (nSPS) is 19.9. The van der Waals surface area contributed by atoms with E-state index < -0.39 is 71.2 Å². The third-order valence-corrected chi connectivity index (χ3v) is 12.6. The average molecular weight is 905 g/mol.